The van der Waals surface area contributed by atoms with Gasteiger partial charge in [0.2, 0.25) is 5.88 Å². The normalized spacial score (nSPS) is 9.74. The van der Waals surface area contributed by atoms with Gasteiger partial charge in [-0.1, -0.05) is 5.16 Å². The first-order valence-electron chi connectivity index (χ1n) is 9.95. The Kier molecular flexibility index (Phi) is 9.52. The number of aryl methyl sites for hydroxylation is 1. The summed E-state index contributed by atoms with van der Waals surface area (Å²) in [6.45, 7) is 7.80. The summed E-state index contributed by atoms with van der Waals surface area (Å²) in [5.74, 6) is -0.832. The first-order valence-corrected chi connectivity index (χ1v) is 9.95. The molecule has 0 radical (unpaired) electrons. The number of benzene rings is 2. The number of methoxy groups -OCH3 is 1. The number of rotatable bonds is 6. The van der Waals surface area contributed by atoms with E-state index in [0.29, 0.717) is 11.7 Å². The van der Waals surface area contributed by atoms with E-state index < -0.39 is 11.6 Å². The van der Waals surface area contributed by atoms with Crippen LogP contribution in [0.5, 0.6) is 5.75 Å². The Hall–Kier alpha value is -4.67. The van der Waals surface area contributed by atoms with Crippen LogP contribution in [0.15, 0.2) is 53.3 Å². The van der Waals surface area contributed by atoms with Crippen LogP contribution in [-0.4, -0.2) is 35.8 Å². The number of nitrogens with zero attached hydrogens (tertiary/aromatic N) is 3. The Morgan fingerprint density at radius 1 is 0.914 bits per heavy atom. The van der Waals surface area contributed by atoms with Crippen LogP contribution in [0.3, 0.4) is 0 Å². The molecule has 0 saturated carbocycles. The Morgan fingerprint density at radius 2 is 1.54 bits per heavy atom. The summed E-state index contributed by atoms with van der Waals surface area (Å²) in [6, 6.07) is 11.3. The highest BCUT2D eigenvalue weighted by molar-refractivity contribution is 5.71. The minimum atomic E-state index is -1.03. The lowest BCUT2D eigenvalue weighted by atomic mass is 10.1. The summed E-state index contributed by atoms with van der Waals surface area (Å²) in [7, 11) is 1.38. The maximum absolute atomic E-state index is 14.4. The molecule has 35 heavy (non-hydrogen) atoms. The third-order valence-electron chi connectivity index (χ3n) is 4.77. The molecule has 11 heteroatoms. The van der Waals surface area contributed by atoms with Gasteiger partial charge in [-0.2, -0.15) is 0 Å². The van der Waals surface area contributed by atoms with Crippen molar-refractivity contribution in [1.82, 2.24) is 15.1 Å². The van der Waals surface area contributed by atoms with Crippen molar-refractivity contribution >= 4 is 36.7 Å². The highest BCUT2D eigenvalue weighted by atomic mass is 19.2. The van der Waals surface area contributed by atoms with E-state index >= 15 is 0 Å². The van der Waals surface area contributed by atoms with Crippen molar-refractivity contribution in [3.05, 3.63) is 71.7 Å². The third-order valence-corrected chi connectivity index (χ3v) is 4.77. The molecule has 9 nitrogen and oxygen atoms in total. The summed E-state index contributed by atoms with van der Waals surface area (Å²) in [5, 5.41) is 10.2. The second-order valence-corrected chi connectivity index (χ2v) is 6.78. The van der Waals surface area contributed by atoms with Crippen LogP contribution < -0.4 is 15.4 Å². The van der Waals surface area contributed by atoms with Crippen LogP contribution in [0, 0.1) is 25.5 Å². The van der Waals surface area contributed by atoms with Crippen molar-refractivity contribution in [3.8, 4) is 17.0 Å². The average Bonchev–Trinajstić information content (AvgIpc) is 3.21. The maximum atomic E-state index is 14.4. The fourth-order valence-electron chi connectivity index (χ4n) is 2.95. The Balaban J connectivity index is 0.00000103. The molecule has 0 amide bonds. The van der Waals surface area contributed by atoms with E-state index in [9.17, 15) is 8.78 Å². The number of carbonyl (C=O) groups excluding carboxylic acids is 2. The molecule has 0 saturated heterocycles. The third kappa shape index (κ3) is 6.22. The van der Waals surface area contributed by atoms with Gasteiger partial charge in [-0.05, 0) is 50.2 Å². The molecule has 2 heterocycles. The van der Waals surface area contributed by atoms with Crippen LogP contribution >= 0.6 is 0 Å². The van der Waals surface area contributed by atoms with Crippen molar-refractivity contribution in [2.75, 3.05) is 17.7 Å². The smallest absolute Gasteiger partial charge is 0.232 e. The van der Waals surface area contributed by atoms with Crippen molar-refractivity contribution in [2.45, 2.75) is 13.8 Å². The molecular formula is C24H23F2N5O4. The second-order valence-electron chi connectivity index (χ2n) is 6.78. The van der Waals surface area contributed by atoms with Crippen molar-refractivity contribution in [1.29, 1.82) is 0 Å². The highest BCUT2D eigenvalue weighted by Crippen LogP contribution is 2.33. The predicted octanol–water partition coefficient (Wildman–Crippen LogP) is 5.15. The second kappa shape index (κ2) is 12.5. The van der Waals surface area contributed by atoms with Gasteiger partial charge in [-0.3, -0.25) is 0 Å². The number of carbonyl (C=O) groups is 2. The first-order chi connectivity index (χ1) is 17.0. The number of anilines is 4. The van der Waals surface area contributed by atoms with Gasteiger partial charge in [0, 0.05) is 23.0 Å². The van der Waals surface area contributed by atoms with Crippen LogP contribution in [0.1, 0.15) is 11.3 Å². The molecule has 4 aromatic rings. The summed E-state index contributed by atoms with van der Waals surface area (Å²) < 4.78 is 38.5. The Morgan fingerprint density at radius 3 is 2.11 bits per heavy atom. The molecule has 0 atom stereocenters. The van der Waals surface area contributed by atoms with Crippen LogP contribution in [0.2, 0.25) is 0 Å². The quantitative estimate of drug-likeness (QED) is 0.383. The van der Waals surface area contributed by atoms with E-state index in [2.05, 4.69) is 25.8 Å². The molecule has 0 aliphatic carbocycles. The SMILES string of the molecule is C=O.C=O.COc1ccc(F)c(F)c1-c1cc(Nc2ccc(Nc3onc(C)c3C)cc2)ncn1. The van der Waals surface area contributed by atoms with E-state index in [1.807, 2.05) is 51.7 Å². The number of hydrogen-bond acceptors (Lipinski definition) is 9. The molecule has 0 aliphatic rings. The highest BCUT2D eigenvalue weighted by Gasteiger charge is 2.18. The van der Waals surface area contributed by atoms with Crippen molar-refractivity contribution in [2.24, 2.45) is 0 Å². The Labute approximate surface area is 200 Å². The summed E-state index contributed by atoms with van der Waals surface area (Å²) >= 11 is 0. The predicted molar refractivity (Wildman–Crippen MR) is 127 cm³/mol. The molecule has 0 spiro atoms. The van der Waals surface area contributed by atoms with Gasteiger partial charge < -0.3 is 29.5 Å². The molecule has 0 fully saturated rings. The van der Waals surface area contributed by atoms with Gasteiger partial charge in [0.25, 0.3) is 0 Å². The largest absolute Gasteiger partial charge is 0.496 e. The fourth-order valence-corrected chi connectivity index (χ4v) is 2.95. The molecule has 182 valence electrons. The first kappa shape index (κ1) is 26.6. The van der Waals surface area contributed by atoms with Gasteiger partial charge in [0.1, 0.15) is 31.5 Å². The molecule has 2 aromatic heterocycles. The van der Waals surface area contributed by atoms with Crippen LogP contribution in [-0.2, 0) is 9.59 Å². The zero-order chi connectivity index (χ0) is 26.0. The van der Waals surface area contributed by atoms with E-state index in [4.69, 9.17) is 18.8 Å². The minimum absolute atomic E-state index is 0.0646. The molecule has 2 aromatic carbocycles. The molecule has 0 aliphatic heterocycles. The van der Waals surface area contributed by atoms with Gasteiger partial charge in [0.15, 0.2) is 11.6 Å². The summed E-state index contributed by atoms with van der Waals surface area (Å²) in [4.78, 5) is 24.2. The molecular weight excluding hydrogens is 460 g/mol. The number of hydrogen-bond donors (Lipinski definition) is 2. The standard InChI is InChI=1S/C22H19F2N5O2.2CH2O/c1-12-13(2)29-31-22(12)28-15-6-4-14(5-7-15)27-19-10-17(25-11-26-19)20-18(30-3)9-8-16(23)21(20)24;2*1-2/h4-11,28H,1-3H3,(H,25,26,27);2*1H2. The topological polar surface area (TPSA) is 119 Å². The van der Waals surface area contributed by atoms with Gasteiger partial charge in [-0.25, -0.2) is 18.7 Å². The lowest BCUT2D eigenvalue weighted by molar-refractivity contribution is -0.0987. The molecule has 2 N–H and O–H groups in total. The lowest BCUT2D eigenvalue weighted by Crippen LogP contribution is -2.00. The van der Waals surface area contributed by atoms with Crippen molar-refractivity contribution in [3.63, 3.8) is 0 Å². The number of aromatic nitrogens is 3. The van der Waals surface area contributed by atoms with E-state index in [1.165, 1.54) is 25.6 Å². The summed E-state index contributed by atoms with van der Waals surface area (Å²) in [6.07, 6.45) is 1.27. The number of nitrogens with one attached hydrogen (secondary N) is 2. The van der Waals surface area contributed by atoms with E-state index in [-0.39, 0.29) is 17.0 Å². The van der Waals surface area contributed by atoms with E-state index in [0.717, 1.165) is 28.7 Å². The van der Waals surface area contributed by atoms with Gasteiger partial charge in [0.05, 0.1) is 24.1 Å². The zero-order valence-electron chi connectivity index (χ0n) is 19.3. The average molecular weight is 483 g/mol. The monoisotopic (exact) mass is 483 g/mol. The van der Waals surface area contributed by atoms with Crippen LogP contribution in [0.4, 0.5) is 31.9 Å². The minimum Gasteiger partial charge on any atom is -0.496 e. The number of halogens is 2. The molecule has 4 rings (SSSR count). The van der Waals surface area contributed by atoms with E-state index in [1.54, 1.807) is 0 Å². The lowest BCUT2D eigenvalue weighted by Gasteiger charge is -2.11. The zero-order valence-corrected chi connectivity index (χ0v) is 19.3. The van der Waals surface area contributed by atoms with Gasteiger partial charge >= 0.3 is 0 Å². The summed E-state index contributed by atoms with van der Waals surface area (Å²) in [5.41, 5.74) is 3.46. The Bertz CT molecular complexity index is 1260. The maximum Gasteiger partial charge on any atom is 0.232 e. The number of ether oxygens (including phenoxy) is 1. The fraction of sp³-hybridized carbons (Fsp3) is 0.125. The molecule has 0 unspecified atom stereocenters. The molecule has 0 bridgehead atoms. The van der Waals surface area contributed by atoms with Crippen molar-refractivity contribution < 1.29 is 27.6 Å². The van der Waals surface area contributed by atoms with Gasteiger partial charge in [-0.15, -0.1) is 0 Å². The van der Waals surface area contributed by atoms with Crippen LogP contribution in [0.25, 0.3) is 11.3 Å².